The minimum absolute atomic E-state index is 0.266. The molecule has 0 unspecified atom stereocenters. The van der Waals surface area contributed by atoms with Crippen LogP contribution < -0.4 is 5.32 Å². The monoisotopic (exact) mass is 423 g/mol. The van der Waals surface area contributed by atoms with Crippen molar-refractivity contribution in [1.82, 2.24) is 9.88 Å². The number of pyridine rings is 1. The maximum atomic E-state index is 9.63. The van der Waals surface area contributed by atoms with Crippen LogP contribution in [0.15, 0.2) is 48.5 Å². The molecule has 5 nitrogen and oxygen atoms in total. The van der Waals surface area contributed by atoms with Gasteiger partial charge in [-0.25, -0.2) is 4.98 Å². The van der Waals surface area contributed by atoms with Gasteiger partial charge < -0.3 is 15.2 Å². The molecule has 0 atom stereocenters. The van der Waals surface area contributed by atoms with Crippen molar-refractivity contribution in [3.8, 4) is 27.4 Å². The van der Waals surface area contributed by atoms with Crippen LogP contribution in [0.3, 0.4) is 0 Å². The molecule has 0 saturated carbocycles. The van der Waals surface area contributed by atoms with Crippen LogP contribution in [0, 0.1) is 0 Å². The van der Waals surface area contributed by atoms with Crippen LogP contribution in [0.4, 0.5) is 5.82 Å². The van der Waals surface area contributed by atoms with Gasteiger partial charge in [0.1, 0.15) is 11.6 Å². The molecule has 1 aliphatic rings. The molecule has 3 aromatic rings. The Hall–Kier alpha value is -2.41. The van der Waals surface area contributed by atoms with Crippen LogP contribution in [-0.2, 0) is 11.2 Å². The highest BCUT2D eigenvalue weighted by atomic mass is 32.1. The number of anilines is 1. The van der Waals surface area contributed by atoms with E-state index in [4.69, 9.17) is 9.72 Å². The highest BCUT2D eigenvalue weighted by molar-refractivity contribution is 7.15. The van der Waals surface area contributed by atoms with Gasteiger partial charge in [-0.3, -0.25) is 4.90 Å². The third-order valence-electron chi connectivity index (χ3n) is 5.34. The zero-order chi connectivity index (χ0) is 20.8. The number of aromatic nitrogens is 1. The molecule has 30 heavy (non-hydrogen) atoms. The summed E-state index contributed by atoms with van der Waals surface area (Å²) < 4.78 is 5.42. The topological polar surface area (TPSA) is 57.6 Å². The first-order valence-electron chi connectivity index (χ1n) is 10.7. The Morgan fingerprint density at radius 3 is 2.60 bits per heavy atom. The molecule has 0 amide bonds. The summed E-state index contributed by atoms with van der Waals surface area (Å²) in [5.74, 6) is 1.16. The number of aromatic hydroxyl groups is 1. The summed E-state index contributed by atoms with van der Waals surface area (Å²) in [4.78, 5) is 9.94. The molecule has 1 fully saturated rings. The molecule has 3 heterocycles. The van der Waals surface area contributed by atoms with Crippen molar-refractivity contribution in [2.45, 2.75) is 19.8 Å². The lowest BCUT2D eigenvalue weighted by molar-refractivity contribution is 0.0378. The molecule has 0 spiro atoms. The first kappa shape index (κ1) is 20.8. The predicted octanol–water partition coefficient (Wildman–Crippen LogP) is 4.88. The Morgan fingerprint density at radius 2 is 1.87 bits per heavy atom. The number of ether oxygens (including phenoxy) is 1. The fourth-order valence-corrected chi connectivity index (χ4v) is 4.55. The molecule has 0 radical (unpaired) electrons. The quantitative estimate of drug-likeness (QED) is 0.506. The highest BCUT2D eigenvalue weighted by Crippen LogP contribution is 2.33. The average molecular weight is 424 g/mol. The number of hydrogen-bond acceptors (Lipinski definition) is 6. The highest BCUT2D eigenvalue weighted by Gasteiger charge is 2.11. The molecule has 6 heteroatoms. The Labute approximate surface area is 182 Å². The lowest BCUT2D eigenvalue weighted by atomic mass is 10.1. The van der Waals surface area contributed by atoms with E-state index >= 15 is 0 Å². The van der Waals surface area contributed by atoms with Crippen molar-refractivity contribution >= 4 is 17.2 Å². The average Bonchev–Trinajstić information content (AvgIpc) is 3.27. The van der Waals surface area contributed by atoms with Crippen LogP contribution in [0.1, 0.15) is 18.2 Å². The van der Waals surface area contributed by atoms with Gasteiger partial charge in [0.2, 0.25) is 0 Å². The van der Waals surface area contributed by atoms with E-state index in [1.807, 2.05) is 23.5 Å². The summed E-state index contributed by atoms with van der Waals surface area (Å²) in [6, 6.07) is 15.9. The molecule has 1 aliphatic heterocycles. The minimum atomic E-state index is 0.266. The van der Waals surface area contributed by atoms with Gasteiger partial charge in [-0.2, -0.15) is 0 Å². The number of nitrogens with zero attached hydrogens (tertiary/aromatic N) is 2. The number of benzene rings is 1. The van der Waals surface area contributed by atoms with E-state index in [2.05, 4.69) is 41.4 Å². The molecule has 1 saturated heterocycles. The molecule has 0 bridgehead atoms. The van der Waals surface area contributed by atoms with Crippen LogP contribution in [-0.4, -0.2) is 54.4 Å². The van der Waals surface area contributed by atoms with Crippen molar-refractivity contribution in [1.29, 1.82) is 0 Å². The number of aryl methyl sites for hydroxylation is 1. The second kappa shape index (κ2) is 10.1. The van der Waals surface area contributed by atoms with Crippen LogP contribution in [0.25, 0.3) is 21.7 Å². The van der Waals surface area contributed by atoms with Gasteiger partial charge in [0.05, 0.1) is 18.9 Å². The normalized spacial score (nSPS) is 14.7. The van der Waals surface area contributed by atoms with Gasteiger partial charge in [0, 0.05) is 35.0 Å². The van der Waals surface area contributed by atoms with E-state index in [0.29, 0.717) is 0 Å². The van der Waals surface area contributed by atoms with Crippen molar-refractivity contribution in [3.05, 3.63) is 53.4 Å². The largest absolute Gasteiger partial charge is 0.508 e. The molecule has 158 valence electrons. The molecular weight excluding hydrogens is 394 g/mol. The SMILES string of the molecule is CCc1ccc(-c2cc(NCCCN3CCOCC3)nc(-c3ccc(O)cc3)c2)s1. The maximum absolute atomic E-state index is 9.63. The second-order valence-electron chi connectivity index (χ2n) is 7.53. The molecule has 2 N–H and O–H groups in total. The molecule has 2 aromatic heterocycles. The first-order valence-corrected chi connectivity index (χ1v) is 11.5. The van der Waals surface area contributed by atoms with Crippen molar-refractivity contribution in [2.24, 2.45) is 0 Å². The second-order valence-corrected chi connectivity index (χ2v) is 8.70. The number of hydrogen-bond donors (Lipinski definition) is 2. The summed E-state index contributed by atoms with van der Waals surface area (Å²) in [6.45, 7) is 7.87. The molecule has 0 aliphatic carbocycles. The van der Waals surface area contributed by atoms with Crippen LogP contribution in [0.2, 0.25) is 0 Å². The number of phenols is 1. The summed E-state index contributed by atoms with van der Waals surface area (Å²) >= 11 is 1.83. The van der Waals surface area contributed by atoms with Gasteiger partial charge in [0.15, 0.2) is 0 Å². The number of morpholine rings is 1. The maximum Gasteiger partial charge on any atom is 0.127 e. The number of nitrogens with one attached hydrogen (secondary N) is 1. The fourth-order valence-electron chi connectivity index (χ4n) is 3.61. The zero-order valence-corrected chi connectivity index (χ0v) is 18.3. The standard InChI is InChI=1S/C24H29N3O2S/c1-2-21-8-9-23(30-21)19-16-22(18-4-6-20(28)7-5-18)26-24(17-19)25-10-3-11-27-12-14-29-15-13-27/h4-9,16-17,28H,2-3,10-15H2,1H3,(H,25,26). The van der Waals surface area contributed by atoms with E-state index in [1.54, 1.807) is 12.1 Å². The molecule has 1 aromatic carbocycles. The lowest BCUT2D eigenvalue weighted by Crippen LogP contribution is -2.37. The third kappa shape index (κ3) is 5.39. The van der Waals surface area contributed by atoms with E-state index in [9.17, 15) is 5.11 Å². The smallest absolute Gasteiger partial charge is 0.127 e. The van der Waals surface area contributed by atoms with Gasteiger partial charge >= 0.3 is 0 Å². The van der Waals surface area contributed by atoms with Gasteiger partial charge in [0.25, 0.3) is 0 Å². The third-order valence-corrected chi connectivity index (χ3v) is 6.62. The summed E-state index contributed by atoms with van der Waals surface area (Å²) in [6.07, 6.45) is 2.12. The zero-order valence-electron chi connectivity index (χ0n) is 17.4. The van der Waals surface area contributed by atoms with Gasteiger partial charge in [-0.15, -0.1) is 11.3 Å². The molecule has 4 rings (SSSR count). The fraction of sp³-hybridized carbons (Fsp3) is 0.375. The number of thiophene rings is 1. The summed E-state index contributed by atoms with van der Waals surface area (Å²) in [5.41, 5.74) is 3.08. The van der Waals surface area contributed by atoms with E-state index < -0.39 is 0 Å². The van der Waals surface area contributed by atoms with Crippen molar-refractivity contribution in [2.75, 3.05) is 44.7 Å². The van der Waals surface area contributed by atoms with Gasteiger partial charge in [-0.05, 0) is 73.5 Å². The Balaban J connectivity index is 1.51. The summed E-state index contributed by atoms with van der Waals surface area (Å²) in [7, 11) is 0. The Kier molecular flexibility index (Phi) is 7.00. The van der Waals surface area contributed by atoms with Gasteiger partial charge in [-0.1, -0.05) is 6.92 Å². The summed E-state index contributed by atoms with van der Waals surface area (Å²) in [5, 5.41) is 13.2. The first-order chi connectivity index (χ1) is 14.7. The van der Waals surface area contributed by atoms with Crippen LogP contribution in [0.5, 0.6) is 5.75 Å². The Bertz CT molecular complexity index is 949. The van der Waals surface area contributed by atoms with E-state index in [-0.39, 0.29) is 5.75 Å². The van der Waals surface area contributed by atoms with Crippen molar-refractivity contribution in [3.63, 3.8) is 0 Å². The Morgan fingerprint density at radius 1 is 1.07 bits per heavy atom. The van der Waals surface area contributed by atoms with Crippen LogP contribution >= 0.6 is 11.3 Å². The van der Waals surface area contributed by atoms with Crippen molar-refractivity contribution < 1.29 is 9.84 Å². The predicted molar refractivity (Wildman–Crippen MR) is 124 cm³/mol. The lowest BCUT2D eigenvalue weighted by Gasteiger charge is -2.26. The molecular formula is C24H29N3O2S. The van der Waals surface area contributed by atoms with E-state index in [0.717, 1.165) is 69.3 Å². The number of phenolic OH excluding ortho intramolecular Hbond substituents is 1. The van der Waals surface area contributed by atoms with E-state index in [1.165, 1.54) is 15.3 Å². The minimum Gasteiger partial charge on any atom is -0.508 e. The number of rotatable bonds is 8.